The summed E-state index contributed by atoms with van der Waals surface area (Å²) in [5.41, 5.74) is 0.333. The molecule has 2 N–H and O–H groups in total. The van der Waals surface area contributed by atoms with Crippen molar-refractivity contribution in [2.24, 2.45) is 0 Å². The number of amides is 2. The highest BCUT2D eigenvalue weighted by Crippen LogP contribution is 2.20. The van der Waals surface area contributed by atoms with E-state index in [1.54, 1.807) is 24.3 Å². The van der Waals surface area contributed by atoms with E-state index >= 15 is 0 Å². The van der Waals surface area contributed by atoms with Gasteiger partial charge in [-0.05, 0) is 30.3 Å². The van der Waals surface area contributed by atoms with E-state index in [1.807, 2.05) is 18.2 Å². The molecule has 24 heavy (non-hydrogen) atoms. The number of para-hydroxylation sites is 1. The highest BCUT2D eigenvalue weighted by molar-refractivity contribution is 6.36. The maximum Gasteiger partial charge on any atom is 0.258 e. The van der Waals surface area contributed by atoms with Gasteiger partial charge < -0.3 is 15.4 Å². The van der Waals surface area contributed by atoms with Gasteiger partial charge in [-0.3, -0.25) is 9.59 Å². The molecule has 2 amide bonds. The van der Waals surface area contributed by atoms with Crippen molar-refractivity contribution in [2.75, 3.05) is 19.7 Å². The van der Waals surface area contributed by atoms with Crippen LogP contribution in [0.2, 0.25) is 10.0 Å². The summed E-state index contributed by atoms with van der Waals surface area (Å²) >= 11 is 11.7. The second-order valence-corrected chi connectivity index (χ2v) is 5.68. The summed E-state index contributed by atoms with van der Waals surface area (Å²) in [6, 6.07) is 13.7. The van der Waals surface area contributed by atoms with Crippen LogP contribution in [0.25, 0.3) is 0 Å². The Hall–Kier alpha value is -2.24. The van der Waals surface area contributed by atoms with Crippen LogP contribution in [0.5, 0.6) is 5.75 Å². The van der Waals surface area contributed by atoms with Gasteiger partial charge in [0.05, 0.1) is 10.6 Å². The van der Waals surface area contributed by atoms with Gasteiger partial charge >= 0.3 is 0 Å². The average molecular weight is 367 g/mol. The Morgan fingerprint density at radius 1 is 0.958 bits per heavy atom. The van der Waals surface area contributed by atoms with Gasteiger partial charge in [-0.15, -0.1) is 0 Å². The van der Waals surface area contributed by atoms with Crippen molar-refractivity contribution < 1.29 is 14.3 Å². The molecule has 0 aliphatic rings. The number of rotatable bonds is 7. The summed E-state index contributed by atoms with van der Waals surface area (Å²) in [6.45, 7) is 0.476. The molecule has 2 aromatic carbocycles. The predicted molar refractivity (Wildman–Crippen MR) is 93.7 cm³/mol. The average Bonchev–Trinajstić information content (AvgIpc) is 2.57. The molecule has 0 aliphatic heterocycles. The molecule has 0 radical (unpaired) electrons. The summed E-state index contributed by atoms with van der Waals surface area (Å²) in [5.74, 6) is 0.0300. The lowest BCUT2D eigenvalue weighted by Gasteiger charge is -2.09. The summed E-state index contributed by atoms with van der Waals surface area (Å²) in [4.78, 5) is 23.6. The van der Waals surface area contributed by atoms with Crippen molar-refractivity contribution in [1.29, 1.82) is 0 Å². The Morgan fingerprint density at radius 2 is 1.67 bits per heavy atom. The minimum atomic E-state index is -0.327. The van der Waals surface area contributed by atoms with Crippen molar-refractivity contribution in [2.45, 2.75) is 0 Å². The van der Waals surface area contributed by atoms with E-state index in [9.17, 15) is 9.59 Å². The van der Waals surface area contributed by atoms with Gasteiger partial charge in [-0.25, -0.2) is 0 Å². The molecule has 5 nitrogen and oxygen atoms in total. The maximum atomic E-state index is 12.0. The van der Waals surface area contributed by atoms with Crippen molar-refractivity contribution in [1.82, 2.24) is 10.6 Å². The standard InChI is InChI=1S/C17H16Cl2N2O3/c18-12-6-7-14(15(19)10-12)17(23)21-9-8-20-16(22)11-24-13-4-2-1-3-5-13/h1-7,10H,8-9,11H2,(H,20,22)(H,21,23). The lowest BCUT2D eigenvalue weighted by Crippen LogP contribution is -2.36. The van der Waals surface area contributed by atoms with Crippen LogP contribution >= 0.6 is 23.2 Å². The van der Waals surface area contributed by atoms with Crippen LogP contribution < -0.4 is 15.4 Å². The van der Waals surface area contributed by atoms with Crippen molar-refractivity contribution in [3.05, 3.63) is 64.1 Å². The molecule has 0 aromatic heterocycles. The quantitative estimate of drug-likeness (QED) is 0.740. The Morgan fingerprint density at radius 3 is 2.38 bits per heavy atom. The Bertz CT molecular complexity index is 708. The van der Waals surface area contributed by atoms with Crippen LogP contribution in [0.15, 0.2) is 48.5 Å². The second kappa shape index (κ2) is 9.15. The van der Waals surface area contributed by atoms with Gasteiger partial charge in [-0.1, -0.05) is 41.4 Å². The first-order valence-electron chi connectivity index (χ1n) is 7.24. The number of carbonyl (C=O) groups excluding carboxylic acids is 2. The number of halogens is 2. The number of ether oxygens (including phenoxy) is 1. The number of hydrogen-bond acceptors (Lipinski definition) is 3. The summed E-state index contributed by atoms with van der Waals surface area (Å²) in [6.07, 6.45) is 0. The zero-order valence-electron chi connectivity index (χ0n) is 12.7. The third kappa shape index (κ3) is 5.76. The molecule has 0 saturated carbocycles. The molecule has 0 unspecified atom stereocenters. The van der Waals surface area contributed by atoms with Crippen LogP contribution in [-0.2, 0) is 4.79 Å². The molecule has 0 aliphatic carbocycles. The first-order chi connectivity index (χ1) is 11.6. The monoisotopic (exact) mass is 366 g/mol. The topological polar surface area (TPSA) is 67.4 Å². The summed E-state index contributed by atoms with van der Waals surface area (Å²) in [5, 5.41) is 6.06. The van der Waals surface area contributed by atoms with Crippen LogP contribution in [0.1, 0.15) is 10.4 Å². The minimum Gasteiger partial charge on any atom is -0.484 e. The SMILES string of the molecule is O=C(COc1ccccc1)NCCNC(=O)c1ccc(Cl)cc1Cl. The molecule has 7 heteroatoms. The molecule has 126 valence electrons. The van der Waals surface area contributed by atoms with Crippen molar-refractivity contribution in [3.63, 3.8) is 0 Å². The van der Waals surface area contributed by atoms with Crippen molar-refractivity contribution >= 4 is 35.0 Å². The molecule has 0 bridgehead atoms. The first kappa shape index (κ1) is 18.1. The largest absolute Gasteiger partial charge is 0.484 e. The third-order valence-corrected chi connectivity index (χ3v) is 3.57. The van der Waals surface area contributed by atoms with E-state index in [0.717, 1.165) is 0 Å². The van der Waals surface area contributed by atoms with Crippen LogP contribution in [0, 0.1) is 0 Å². The fraction of sp³-hybridized carbons (Fsp3) is 0.176. The Kier molecular flexibility index (Phi) is 6.90. The van der Waals surface area contributed by atoms with Crippen LogP contribution in [-0.4, -0.2) is 31.5 Å². The summed E-state index contributed by atoms with van der Waals surface area (Å²) in [7, 11) is 0. The molecule has 2 rings (SSSR count). The van der Waals surface area contributed by atoms with E-state index in [0.29, 0.717) is 16.3 Å². The van der Waals surface area contributed by atoms with Gasteiger partial charge in [0.25, 0.3) is 11.8 Å². The Balaban J connectivity index is 1.67. The smallest absolute Gasteiger partial charge is 0.258 e. The Labute approximate surface area is 149 Å². The van der Waals surface area contributed by atoms with Crippen LogP contribution in [0.3, 0.4) is 0 Å². The molecule has 0 spiro atoms. The normalized spacial score (nSPS) is 10.1. The third-order valence-electron chi connectivity index (χ3n) is 3.02. The van der Waals surface area contributed by atoms with Gasteiger partial charge in [0.1, 0.15) is 5.75 Å². The lowest BCUT2D eigenvalue weighted by atomic mass is 10.2. The molecular formula is C17H16Cl2N2O3. The minimum absolute atomic E-state index is 0.0824. The molecule has 0 heterocycles. The van der Waals surface area contributed by atoms with Gasteiger partial charge in [0.15, 0.2) is 6.61 Å². The number of hydrogen-bond donors (Lipinski definition) is 2. The molecule has 0 saturated heterocycles. The highest BCUT2D eigenvalue weighted by atomic mass is 35.5. The first-order valence-corrected chi connectivity index (χ1v) is 7.99. The van der Waals surface area contributed by atoms with Crippen molar-refractivity contribution in [3.8, 4) is 5.75 Å². The van der Waals surface area contributed by atoms with Crippen LogP contribution in [0.4, 0.5) is 0 Å². The van der Waals surface area contributed by atoms with E-state index in [1.165, 1.54) is 6.07 Å². The zero-order chi connectivity index (χ0) is 17.4. The van der Waals surface area contributed by atoms with Gasteiger partial charge in [0.2, 0.25) is 0 Å². The molecule has 0 fully saturated rings. The molecule has 0 atom stereocenters. The lowest BCUT2D eigenvalue weighted by molar-refractivity contribution is -0.123. The van der Waals surface area contributed by atoms with E-state index < -0.39 is 0 Å². The number of carbonyl (C=O) groups is 2. The fourth-order valence-corrected chi connectivity index (χ4v) is 2.36. The van der Waals surface area contributed by atoms with Gasteiger partial charge in [-0.2, -0.15) is 0 Å². The predicted octanol–water partition coefficient (Wildman–Crippen LogP) is 2.92. The van der Waals surface area contributed by atoms with E-state index in [-0.39, 0.29) is 36.5 Å². The summed E-state index contributed by atoms with van der Waals surface area (Å²) < 4.78 is 5.31. The second-order valence-electron chi connectivity index (χ2n) is 4.83. The molecular weight excluding hydrogens is 351 g/mol. The number of benzene rings is 2. The highest BCUT2D eigenvalue weighted by Gasteiger charge is 2.10. The molecule has 2 aromatic rings. The number of nitrogens with one attached hydrogen (secondary N) is 2. The zero-order valence-corrected chi connectivity index (χ0v) is 14.2. The van der Waals surface area contributed by atoms with E-state index in [4.69, 9.17) is 27.9 Å². The van der Waals surface area contributed by atoms with Gasteiger partial charge in [0, 0.05) is 18.1 Å². The maximum absolute atomic E-state index is 12.0. The fourth-order valence-electron chi connectivity index (χ4n) is 1.86. The van der Waals surface area contributed by atoms with E-state index in [2.05, 4.69) is 10.6 Å².